The second kappa shape index (κ2) is 10.1. The molecule has 0 spiro atoms. The van der Waals surface area contributed by atoms with Crippen LogP contribution in [0.1, 0.15) is 37.0 Å². The van der Waals surface area contributed by atoms with Crippen molar-refractivity contribution in [1.82, 2.24) is 15.1 Å². The monoisotopic (exact) mass is 391 g/mol. The van der Waals surface area contributed by atoms with Crippen LogP contribution in [0.4, 0.5) is 0 Å². The lowest BCUT2D eigenvalue weighted by atomic mass is 9.94. The van der Waals surface area contributed by atoms with Gasteiger partial charge in [-0.05, 0) is 55.5 Å². The normalized spacial score (nSPS) is 24.8. The number of guanidine groups is 1. The molecular formula is C20H33N5OS. The summed E-state index contributed by atoms with van der Waals surface area (Å²) >= 11 is 1.85. The topological polar surface area (TPSA) is 74.0 Å². The van der Waals surface area contributed by atoms with Gasteiger partial charge in [-0.2, -0.15) is 0 Å². The fourth-order valence-corrected chi connectivity index (χ4v) is 5.11. The van der Waals surface area contributed by atoms with Gasteiger partial charge in [-0.15, -0.1) is 11.3 Å². The molecule has 27 heavy (non-hydrogen) atoms. The zero-order valence-electron chi connectivity index (χ0n) is 16.4. The van der Waals surface area contributed by atoms with Crippen molar-refractivity contribution < 1.29 is 4.79 Å². The fraction of sp³-hybridized carbons (Fsp3) is 0.700. The maximum absolute atomic E-state index is 11.2. The summed E-state index contributed by atoms with van der Waals surface area (Å²) in [5, 5.41) is 5.76. The third-order valence-corrected chi connectivity index (χ3v) is 6.49. The van der Waals surface area contributed by atoms with Crippen molar-refractivity contribution in [2.75, 3.05) is 39.8 Å². The molecule has 2 atom stereocenters. The van der Waals surface area contributed by atoms with Gasteiger partial charge in [-0.3, -0.25) is 14.7 Å². The van der Waals surface area contributed by atoms with E-state index in [0.29, 0.717) is 18.3 Å². The van der Waals surface area contributed by atoms with Crippen molar-refractivity contribution in [1.29, 1.82) is 0 Å². The number of amides is 1. The molecule has 0 aromatic carbocycles. The molecule has 150 valence electrons. The number of nitrogens with one attached hydrogen (secondary N) is 1. The fourth-order valence-electron chi connectivity index (χ4n) is 4.36. The van der Waals surface area contributed by atoms with E-state index in [0.717, 1.165) is 51.5 Å². The van der Waals surface area contributed by atoms with Crippen LogP contribution in [-0.2, 0) is 11.3 Å². The maximum Gasteiger partial charge on any atom is 0.217 e. The summed E-state index contributed by atoms with van der Waals surface area (Å²) in [5.74, 6) is 1.78. The third-order valence-electron chi connectivity index (χ3n) is 5.63. The minimum absolute atomic E-state index is 0.196. The van der Waals surface area contributed by atoms with Crippen molar-refractivity contribution >= 4 is 23.2 Å². The lowest BCUT2D eigenvalue weighted by Crippen LogP contribution is -2.49. The standard InChI is InChI=1S/C20H33N5OS/c1-22-20(25-9-3-5-16(14-25)11-19(21)26)23-12-17-6-2-8-24(13-17)15-18-7-4-10-27-18/h4,7,10,16-17H,2-3,5-6,8-9,11-15H2,1H3,(H2,21,26)(H,22,23). The summed E-state index contributed by atoms with van der Waals surface area (Å²) in [5.41, 5.74) is 5.39. The van der Waals surface area contributed by atoms with Crippen molar-refractivity contribution in [3.8, 4) is 0 Å². The molecule has 3 rings (SSSR count). The number of nitrogens with zero attached hydrogens (tertiary/aromatic N) is 3. The zero-order valence-corrected chi connectivity index (χ0v) is 17.2. The quantitative estimate of drug-likeness (QED) is 0.575. The van der Waals surface area contributed by atoms with Gasteiger partial charge in [-0.25, -0.2) is 0 Å². The Kier molecular flexibility index (Phi) is 7.52. The summed E-state index contributed by atoms with van der Waals surface area (Å²) in [7, 11) is 1.85. The summed E-state index contributed by atoms with van der Waals surface area (Å²) in [6.45, 7) is 6.26. The van der Waals surface area contributed by atoms with Crippen molar-refractivity contribution in [3.63, 3.8) is 0 Å². The molecule has 1 amide bonds. The van der Waals surface area contributed by atoms with Gasteiger partial charge in [0.1, 0.15) is 0 Å². The number of nitrogens with two attached hydrogens (primary N) is 1. The van der Waals surface area contributed by atoms with Gasteiger partial charge in [0.2, 0.25) is 5.91 Å². The highest BCUT2D eigenvalue weighted by Crippen LogP contribution is 2.21. The van der Waals surface area contributed by atoms with E-state index in [-0.39, 0.29) is 5.91 Å². The Morgan fingerprint density at radius 3 is 2.85 bits per heavy atom. The maximum atomic E-state index is 11.2. The third kappa shape index (κ3) is 6.21. The molecule has 0 saturated carbocycles. The molecule has 0 radical (unpaired) electrons. The predicted octanol–water partition coefficient (Wildman–Crippen LogP) is 2.12. The first-order valence-electron chi connectivity index (χ1n) is 10.1. The minimum atomic E-state index is -0.196. The number of carbonyl (C=O) groups excluding carboxylic acids is 1. The first-order valence-corrected chi connectivity index (χ1v) is 11.0. The Bertz CT molecular complexity index is 618. The number of primary amides is 1. The van der Waals surface area contributed by atoms with Gasteiger partial charge >= 0.3 is 0 Å². The molecule has 7 heteroatoms. The highest BCUT2D eigenvalue weighted by atomic mass is 32.1. The SMILES string of the molecule is CN=C(NCC1CCCN(Cc2cccs2)C1)N1CCCC(CC(N)=O)C1. The first kappa shape index (κ1) is 20.1. The van der Waals surface area contributed by atoms with Crippen LogP contribution in [0.2, 0.25) is 0 Å². The first-order chi connectivity index (χ1) is 13.1. The van der Waals surface area contributed by atoms with Crippen LogP contribution in [0.5, 0.6) is 0 Å². The molecule has 3 N–H and O–H groups in total. The molecule has 2 aliphatic heterocycles. The molecule has 2 unspecified atom stereocenters. The number of aliphatic imine (C=N–C) groups is 1. The molecule has 6 nitrogen and oxygen atoms in total. The molecule has 1 aromatic heterocycles. The van der Waals surface area contributed by atoms with Gasteiger partial charge in [0, 0.05) is 51.1 Å². The van der Waals surface area contributed by atoms with E-state index in [4.69, 9.17) is 5.73 Å². The van der Waals surface area contributed by atoms with E-state index in [2.05, 4.69) is 37.6 Å². The number of hydrogen-bond acceptors (Lipinski definition) is 4. The Balaban J connectivity index is 1.46. The van der Waals surface area contributed by atoms with Crippen LogP contribution in [0.15, 0.2) is 22.5 Å². The van der Waals surface area contributed by atoms with Crippen LogP contribution in [0, 0.1) is 11.8 Å². The summed E-state index contributed by atoms with van der Waals surface area (Å²) < 4.78 is 0. The van der Waals surface area contributed by atoms with Crippen LogP contribution in [0.3, 0.4) is 0 Å². The van der Waals surface area contributed by atoms with Crippen LogP contribution in [0.25, 0.3) is 0 Å². The van der Waals surface area contributed by atoms with E-state index >= 15 is 0 Å². The van der Waals surface area contributed by atoms with E-state index in [1.54, 1.807) is 0 Å². The van der Waals surface area contributed by atoms with Gasteiger partial charge in [0.15, 0.2) is 5.96 Å². The van der Waals surface area contributed by atoms with Gasteiger partial charge in [0.25, 0.3) is 0 Å². The van der Waals surface area contributed by atoms with Gasteiger partial charge in [-0.1, -0.05) is 6.07 Å². The molecule has 2 fully saturated rings. The summed E-state index contributed by atoms with van der Waals surface area (Å²) in [6, 6.07) is 4.37. The molecule has 2 saturated heterocycles. The molecular weight excluding hydrogens is 358 g/mol. The lowest BCUT2D eigenvalue weighted by molar-refractivity contribution is -0.119. The number of likely N-dealkylation sites (tertiary alicyclic amines) is 2. The van der Waals surface area contributed by atoms with Gasteiger partial charge in [0.05, 0.1) is 0 Å². The lowest BCUT2D eigenvalue weighted by Gasteiger charge is -2.36. The minimum Gasteiger partial charge on any atom is -0.370 e. The second-order valence-corrected chi connectivity index (χ2v) is 8.91. The largest absolute Gasteiger partial charge is 0.370 e. The predicted molar refractivity (Wildman–Crippen MR) is 112 cm³/mol. The van der Waals surface area contributed by atoms with E-state index in [1.807, 2.05) is 18.4 Å². The number of thiophene rings is 1. The van der Waals surface area contributed by atoms with Crippen LogP contribution >= 0.6 is 11.3 Å². The van der Waals surface area contributed by atoms with E-state index in [1.165, 1.54) is 24.3 Å². The molecule has 2 aliphatic rings. The second-order valence-electron chi connectivity index (χ2n) is 7.88. The number of carbonyl (C=O) groups is 1. The molecule has 0 aliphatic carbocycles. The van der Waals surface area contributed by atoms with E-state index < -0.39 is 0 Å². The Morgan fingerprint density at radius 1 is 1.30 bits per heavy atom. The highest BCUT2D eigenvalue weighted by molar-refractivity contribution is 7.09. The van der Waals surface area contributed by atoms with Crippen LogP contribution in [-0.4, -0.2) is 61.4 Å². The summed E-state index contributed by atoms with van der Waals surface area (Å²) in [6.07, 6.45) is 5.19. The smallest absolute Gasteiger partial charge is 0.217 e. The number of piperidine rings is 2. The Labute approximate surface area is 166 Å². The van der Waals surface area contributed by atoms with Crippen LogP contribution < -0.4 is 11.1 Å². The zero-order chi connectivity index (χ0) is 19.1. The average molecular weight is 392 g/mol. The number of hydrogen-bond donors (Lipinski definition) is 2. The highest BCUT2D eigenvalue weighted by Gasteiger charge is 2.25. The summed E-state index contributed by atoms with van der Waals surface area (Å²) in [4.78, 5) is 22.1. The van der Waals surface area contributed by atoms with Crippen molar-refractivity contribution in [3.05, 3.63) is 22.4 Å². The Hall–Kier alpha value is -1.60. The molecule has 1 aromatic rings. The average Bonchev–Trinajstić information content (AvgIpc) is 3.15. The van der Waals surface area contributed by atoms with E-state index in [9.17, 15) is 4.79 Å². The molecule has 3 heterocycles. The number of rotatable bonds is 6. The van der Waals surface area contributed by atoms with Crippen molar-refractivity contribution in [2.45, 2.75) is 38.6 Å². The Morgan fingerprint density at radius 2 is 2.11 bits per heavy atom. The molecule has 0 bridgehead atoms. The van der Waals surface area contributed by atoms with Crippen molar-refractivity contribution in [2.24, 2.45) is 22.6 Å². The van der Waals surface area contributed by atoms with Gasteiger partial charge < -0.3 is 16.0 Å².